The van der Waals surface area contributed by atoms with Gasteiger partial charge < -0.3 is 19.7 Å². The lowest BCUT2D eigenvalue weighted by Gasteiger charge is -2.28. The maximum absolute atomic E-state index is 13.6. The Hall–Kier alpha value is -3.71. The molecular formula is C28H28FN5S. The van der Waals surface area contributed by atoms with Crippen molar-refractivity contribution in [2.45, 2.75) is 25.9 Å². The smallest absolute Gasteiger partial charge is 0.174 e. The van der Waals surface area contributed by atoms with Gasteiger partial charge >= 0.3 is 0 Å². The fourth-order valence-corrected chi connectivity index (χ4v) is 5.28. The van der Waals surface area contributed by atoms with Gasteiger partial charge in [0, 0.05) is 48.7 Å². The molecule has 3 heterocycles. The molecule has 5 nitrogen and oxygen atoms in total. The third-order valence-electron chi connectivity index (χ3n) is 6.62. The number of nitrogens with one attached hydrogen (secondary N) is 1. The van der Waals surface area contributed by atoms with Crippen molar-refractivity contribution in [3.8, 4) is 5.69 Å². The normalized spacial score (nSPS) is 17.5. The predicted molar refractivity (Wildman–Crippen MR) is 144 cm³/mol. The summed E-state index contributed by atoms with van der Waals surface area (Å²) in [6.07, 6.45) is 1.81. The highest BCUT2D eigenvalue weighted by Gasteiger charge is 2.42. The quantitative estimate of drug-likeness (QED) is 0.358. The Balaban J connectivity index is 1.65. The van der Waals surface area contributed by atoms with E-state index in [9.17, 15) is 4.39 Å². The number of hydrogen-bond acceptors (Lipinski definition) is 3. The van der Waals surface area contributed by atoms with Crippen LogP contribution in [0.25, 0.3) is 5.69 Å². The van der Waals surface area contributed by atoms with Gasteiger partial charge in [0.25, 0.3) is 0 Å². The minimum atomic E-state index is -0.246. The van der Waals surface area contributed by atoms with Crippen molar-refractivity contribution in [2.75, 3.05) is 23.9 Å². The highest BCUT2D eigenvalue weighted by Crippen LogP contribution is 2.44. The van der Waals surface area contributed by atoms with E-state index in [2.05, 4.69) is 68.8 Å². The van der Waals surface area contributed by atoms with E-state index in [0.717, 1.165) is 39.7 Å². The number of rotatable bonds is 5. The summed E-state index contributed by atoms with van der Waals surface area (Å²) in [6, 6.07) is 23.0. The van der Waals surface area contributed by atoms with E-state index >= 15 is 0 Å². The van der Waals surface area contributed by atoms with E-state index in [1.165, 1.54) is 12.1 Å². The summed E-state index contributed by atoms with van der Waals surface area (Å²) in [4.78, 5) is 8.92. The van der Waals surface area contributed by atoms with E-state index in [-0.39, 0.29) is 17.9 Å². The standard InChI is InChI=1S/C28H28FN5S/c1-18-17-24(19(2)33(18)22-10-8-20(29)9-11-22)27-26(25-7-5-6-16-30-25)31-28(35)34(27)23-14-12-21(13-15-23)32(3)4/h5-17,26-27H,1-4H3,(H,31,35)/t26-,27-/m0/s1. The van der Waals surface area contributed by atoms with Crippen LogP contribution in [-0.4, -0.2) is 28.8 Å². The van der Waals surface area contributed by atoms with Crippen molar-refractivity contribution in [2.24, 2.45) is 0 Å². The SMILES string of the molecule is Cc1cc([C@H]2[C@H](c3ccccn3)NC(=S)N2c2ccc(N(C)C)cc2)c(C)n1-c1ccc(F)cc1. The average Bonchev–Trinajstić information content (AvgIpc) is 3.35. The van der Waals surface area contributed by atoms with Crippen LogP contribution in [0, 0.1) is 19.7 Å². The number of halogens is 1. The monoisotopic (exact) mass is 485 g/mol. The molecule has 0 saturated carbocycles. The third kappa shape index (κ3) is 4.17. The molecule has 2 aromatic heterocycles. The van der Waals surface area contributed by atoms with E-state index in [1.807, 2.05) is 50.6 Å². The van der Waals surface area contributed by atoms with Crippen LogP contribution in [0.4, 0.5) is 15.8 Å². The van der Waals surface area contributed by atoms with Crippen molar-refractivity contribution >= 4 is 28.7 Å². The molecule has 2 atom stereocenters. The molecule has 1 aliphatic rings. The van der Waals surface area contributed by atoms with Gasteiger partial charge in [-0.05, 0) is 98.4 Å². The summed E-state index contributed by atoms with van der Waals surface area (Å²) in [5.74, 6) is -0.246. The fraction of sp³-hybridized carbons (Fsp3) is 0.214. The first-order chi connectivity index (χ1) is 16.8. The van der Waals surface area contributed by atoms with Gasteiger partial charge in [0.2, 0.25) is 0 Å². The Labute approximate surface area is 210 Å². The minimum Gasteiger partial charge on any atom is -0.378 e. The van der Waals surface area contributed by atoms with E-state index in [1.54, 1.807) is 0 Å². The van der Waals surface area contributed by atoms with Gasteiger partial charge in [0.05, 0.1) is 17.8 Å². The number of nitrogens with zero attached hydrogens (tertiary/aromatic N) is 4. The van der Waals surface area contributed by atoms with Gasteiger partial charge in [-0.2, -0.15) is 0 Å². The summed E-state index contributed by atoms with van der Waals surface area (Å²) >= 11 is 5.88. The van der Waals surface area contributed by atoms with E-state index in [0.29, 0.717) is 5.11 Å². The van der Waals surface area contributed by atoms with Gasteiger partial charge in [-0.1, -0.05) is 6.07 Å². The van der Waals surface area contributed by atoms with Crippen LogP contribution >= 0.6 is 12.2 Å². The average molecular weight is 486 g/mol. The van der Waals surface area contributed by atoms with Crippen LogP contribution in [-0.2, 0) is 0 Å². The second-order valence-electron chi connectivity index (χ2n) is 9.05. The van der Waals surface area contributed by atoms with Gasteiger partial charge in [0.15, 0.2) is 5.11 Å². The van der Waals surface area contributed by atoms with E-state index in [4.69, 9.17) is 12.2 Å². The zero-order valence-electron chi connectivity index (χ0n) is 20.2. The van der Waals surface area contributed by atoms with Crippen molar-refractivity contribution in [1.82, 2.24) is 14.9 Å². The number of aryl methyl sites for hydroxylation is 1. The maximum Gasteiger partial charge on any atom is 0.174 e. The Morgan fingerprint density at radius 3 is 2.26 bits per heavy atom. The van der Waals surface area contributed by atoms with E-state index < -0.39 is 0 Å². The molecule has 0 radical (unpaired) electrons. The Kier molecular flexibility index (Phi) is 6.03. The largest absolute Gasteiger partial charge is 0.378 e. The molecule has 4 aromatic rings. The maximum atomic E-state index is 13.6. The highest BCUT2D eigenvalue weighted by atomic mass is 32.1. The zero-order chi connectivity index (χ0) is 24.7. The van der Waals surface area contributed by atoms with Crippen LogP contribution < -0.4 is 15.1 Å². The molecule has 1 N–H and O–H groups in total. The van der Waals surface area contributed by atoms with Gasteiger partial charge in [-0.25, -0.2) is 4.39 Å². The number of aromatic nitrogens is 2. The molecular weight excluding hydrogens is 457 g/mol. The molecule has 2 aromatic carbocycles. The molecule has 0 spiro atoms. The summed E-state index contributed by atoms with van der Waals surface area (Å²) in [5.41, 5.74) is 7.30. The van der Waals surface area contributed by atoms with Gasteiger partial charge in [-0.15, -0.1) is 0 Å². The van der Waals surface area contributed by atoms with Crippen LogP contribution in [0.2, 0.25) is 0 Å². The minimum absolute atomic E-state index is 0.108. The Bertz CT molecular complexity index is 1350. The molecule has 1 saturated heterocycles. The highest BCUT2D eigenvalue weighted by molar-refractivity contribution is 7.80. The molecule has 0 aliphatic carbocycles. The number of pyridine rings is 1. The van der Waals surface area contributed by atoms with Crippen LogP contribution in [0.15, 0.2) is 79.0 Å². The fourth-order valence-electron chi connectivity index (χ4n) is 4.93. The van der Waals surface area contributed by atoms with Crippen molar-refractivity contribution in [3.05, 3.63) is 107 Å². The number of hydrogen-bond donors (Lipinski definition) is 1. The number of thiocarbonyl (C=S) groups is 1. The molecule has 0 unspecified atom stereocenters. The van der Waals surface area contributed by atoms with Crippen LogP contribution in [0.5, 0.6) is 0 Å². The lowest BCUT2D eigenvalue weighted by molar-refractivity contribution is 0.565. The molecule has 0 amide bonds. The Morgan fingerprint density at radius 2 is 1.63 bits per heavy atom. The summed E-state index contributed by atoms with van der Waals surface area (Å²) in [5, 5.41) is 4.20. The summed E-state index contributed by atoms with van der Waals surface area (Å²) in [6.45, 7) is 4.18. The molecule has 0 bridgehead atoms. The molecule has 178 valence electrons. The molecule has 35 heavy (non-hydrogen) atoms. The van der Waals surface area contributed by atoms with Crippen LogP contribution in [0.1, 0.15) is 34.7 Å². The first kappa shape index (κ1) is 23.1. The Morgan fingerprint density at radius 1 is 0.943 bits per heavy atom. The van der Waals surface area contributed by atoms with Crippen LogP contribution in [0.3, 0.4) is 0 Å². The summed E-state index contributed by atoms with van der Waals surface area (Å²) < 4.78 is 15.8. The third-order valence-corrected chi connectivity index (χ3v) is 6.93. The second-order valence-corrected chi connectivity index (χ2v) is 9.43. The lowest BCUT2D eigenvalue weighted by Crippen LogP contribution is -2.29. The van der Waals surface area contributed by atoms with Gasteiger partial charge in [-0.3, -0.25) is 4.98 Å². The van der Waals surface area contributed by atoms with Crippen molar-refractivity contribution in [3.63, 3.8) is 0 Å². The molecule has 1 fully saturated rings. The topological polar surface area (TPSA) is 36.3 Å². The van der Waals surface area contributed by atoms with Gasteiger partial charge in [0.1, 0.15) is 5.82 Å². The molecule has 7 heteroatoms. The number of anilines is 2. The first-order valence-electron chi connectivity index (χ1n) is 11.6. The predicted octanol–water partition coefficient (Wildman–Crippen LogP) is 5.87. The molecule has 1 aliphatic heterocycles. The lowest BCUT2D eigenvalue weighted by atomic mass is 9.96. The second kappa shape index (κ2) is 9.15. The number of benzene rings is 2. The summed E-state index contributed by atoms with van der Waals surface area (Å²) in [7, 11) is 4.06. The van der Waals surface area contributed by atoms with Crippen molar-refractivity contribution in [1.29, 1.82) is 0 Å². The van der Waals surface area contributed by atoms with Crippen molar-refractivity contribution < 1.29 is 4.39 Å². The molecule has 5 rings (SSSR count). The zero-order valence-corrected chi connectivity index (χ0v) is 21.1. The first-order valence-corrected chi connectivity index (χ1v) is 12.0.